The fourth-order valence-corrected chi connectivity index (χ4v) is 3.09. The quantitative estimate of drug-likeness (QED) is 0.758. The predicted molar refractivity (Wildman–Crippen MR) is 98.4 cm³/mol. The third kappa shape index (κ3) is 3.02. The lowest BCUT2D eigenvalue weighted by molar-refractivity contribution is -0.110. The van der Waals surface area contributed by atoms with Crippen molar-refractivity contribution in [1.29, 1.82) is 0 Å². The lowest BCUT2D eigenvalue weighted by Gasteiger charge is -2.10. The van der Waals surface area contributed by atoms with Crippen molar-refractivity contribution in [2.45, 2.75) is 0 Å². The molecule has 0 unspecified atom stereocenters. The number of ether oxygens (including phenoxy) is 3. The maximum atomic E-state index is 12.4. The van der Waals surface area contributed by atoms with Gasteiger partial charge in [-0.3, -0.25) is 4.79 Å². The predicted octanol–water partition coefficient (Wildman–Crippen LogP) is 3.67. The molecule has 1 amide bonds. The van der Waals surface area contributed by atoms with Crippen LogP contribution in [-0.2, 0) is 4.79 Å². The summed E-state index contributed by atoms with van der Waals surface area (Å²) in [5.74, 6) is 1.34. The fraction of sp³-hybridized carbons (Fsp3) is 0.167. The van der Waals surface area contributed by atoms with Crippen LogP contribution in [0.25, 0.3) is 11.6 Å². The molecule has 2 N–H and O–H groups in total. The number of benzene rings is 2. The van der Waals surface area contributed by atoms with E-state index in [2.05, 4.69) is 21.2 Å². The van der Waals surface area contributed by atoms with E-state index in [-0.39, 0.29) is 11.7 Å². The van der Waals surface area contributed by atoms with E-state index in [0.29, 0.717) is 44.1 Å². The second kappa shape index (κ2) is 6.68. The molecule has 25 heavy (non-hydrogen) atoms. The Hall–Kier alpha value is -2.67. The van der Waals surface area contributed by atoms with Crippen molar-refractivity contribution in [2.24, 2.45) is 0 Å². The Balaban J connectivity index is 2.16. The molecule has 0 radical (unpaired) electrons. The zero-order valence-electron chi connectivity index (χ0n) is 13.8. The number of aromatic hydroxyl groups is 1. The van der Waals surface area contributed by atoms with Gasteiger partial charge in [-0.05, 0) is 40.2 Å². The van der Waals surface area contributed by atoms with E-state index in [9.17, 15) is 9.90 Å². The molecule has 7 heteroatoms. The number of anilines is 1. The SMILES string of the molecule is COc1cc(Br)c(O)c(C=C2C(=O)Nc3cc(OC)c(OC)cc32)c1. The van der Waals surface area contributed by atoms with Crippen LogP contribution < -0.4 is 19.5 Å². The first-order valence-electron chi connectivity index (χ1n) is 7.34. The van der Waals surface area contributed by atoms with Crippen LogP contribution in [0.15, 0.2) is 28.7 Å². The zero-order chi connectivity index (χ0) is 18.1. The Morgan fingerprint density at radius 1 is 1.04 bits per heavy atom. The highest BCUT2D eigenvalue weighted by Gasteiger charge is 2.27. The largest absolute Gasteiger partial charge is 0.506 e. The number of amides is 1. The lowest BCUT2D eigenvalue weighted by Crippen LogP contribution is -2.03. The molecule has 130 valence electrons. The van der Waals surface area contributed by atoms with E-state index >= 15 is 0 Å². The van der Waals surface area contributed by atoms with Crippen molar-refractivity contribution in [3.63, 3.8) is 0 Å². The Morgan fingerprint density at radius 3 is 2.36 bits per heavy atom. The summed E-state index contributed by atoms with van der Waals surface area (Å²) in [6.45, 7) is 0. The molecule has 3 rings (SSSR count). The van der Waals surface area contributed by atoms with Gasteiger partial charge in [0.05, 0.1) is 31.5 Å². The van der Waals surface area contributed by atoms with Gasteiger partial charge in [-0.2, -0.15) is 0 Å². The van der Waals surface area contributed by atoms with Gasteiger partial charge in [0, 0.05) is 22.8 Å². The monoisotopic (exact) mass is 405 g/mol. The summed E-state index contributed by atoms with van der Waals surface area (Å²) in [6.07, 6.45) is 1.61. The van der Waals surface area contributed by atoms with Crippen LogP contribution in [0, 0.1) is 0 Å². The average Bonchev–Trinajstić information content (AvgIpc) is 2.91. The van der Waals surface area contributed by atoms with Gasteiger partial charge >= 0.3 is 0 Å². The molecule has 0 atom stereocenters. The smallest absolute Gasteiger partial charge is 0.256 e. The Morgan fingerprint density at radius 2 is 1.72 bits per heavy atom. The molecule has 2 aromatic rings. The molecule has 0 fully saturated rings. The first-order chi connectivity index (χ1) is 12.0. The summed E-state index contributed by atoms with van der Waals surface area (Å²) in [5.41, 5.74) is 2.15. The second-order valence-electron chi connectivity index (χ2n) is 5.31. The molecule has 0 saturated carbocycles. The number of phenolic OH excluding ortho intramolecular Hbond substituents is 1. The van der Waals surface area contributed by atoms with Crippen molar-refractivity contribution in [3.05, 3.63) is 39.9 Å². The van der Waals surface area contributed by atoms with E-state index in [0.717, 1.165) is 0 Å². The van der Waals surface area contributed by atoms with Crippen molar-refractivity contribution in [2.75, 3.05) is 26.6 Å². The van der Waals surface area contributed by atoms with E-state index in [1.165, 1.54) is 21.3 Å². The van der Waals surface area contributed by atoms with Crippen LogP contribution in [0.3, 0.4) is 0 Å². The number of nitrogens with one attached hydrogen (secondary N) is 1. The summed E-state index contributed by atoms with van der Waals surface area (Å²) in [6, 6.07) is 6.73. The Labute approximate surface area is 153 Å². The van der Waals surface area contributed by atoms with Gasteiger partial charge in [-0.1, -0.05) is 0 Å². The molecular formula is C18H16BrNO5. The topological polar surface area (TPSA) is 77.0 Å². The van der Waals surface area contributed by atoms with E-state index in [1.807, 2.05) is 0 Å². The number of carbonyl (C=O) groups is 1. The molecule has 0 spiro atoms. The minimum absolute atomic E-state index is 0.0232. The molecule has 0 aromatic heterocycles. The third-order valence-corrected chi connectivity index (χ3v) is 4.51. The highest BCUT2D eigenvalue weighted by atomic mass is 79.9. The molecule has 1 heterocycles. The van der Waals surface area contributed by atoms with Gasteiger partial charge in [0.15, 0.2) is 11.5 Å². The van der Waals surface area contributed by atoms with Crippen LogP contribution in [-0.4, -0.2) is 32.3 Å². The number of hydrogen-bond acceptors (Lipinski definition) is 5. The number of phenols is 1. The molecule has 1 aliphatic rings. The lowest BCUT2D eigenvalue weighted by atomic mass is 10.0. The Kier molecular flexibility index (Phi) is 4.59. The Bertz CT molecular complexity index is 892. The van der Waals surface area contributed by atoms with Crippen molar-refractivity contribution in [1.82, 2.24) is 0 Å². The first kappa shape index (κ1) is 17.2. The van der Waals surface area contributed by atoms with Crippen LogP contribution in [0.1, 0.15) is 11.1 Å². The minimum Gasteiger partial charge on any atom is -0.506 e. The molecule has 0 aliphatic carbocycles. The van der Waals surface area contributed by atoms with Crippen molar-refractivity contribution in [3.8, 4) is 23.0 Å². The number of carbonyl (C=O) groups excluding carboxylic acids is 1. The number of methoxy groups -OCH3 is 3. The molecule has 0 saturated heterocycles. The highest BCUT2D eigenvalue weighted by molar-refractivity contribution is 9.10. The first-order valence-corrected chi connectivity index (χ1v) is 8.13. The summed E-state index contributed by atoms with van der Waals surface area (Å²) < 4.78 is 16.3. The van der Waals surface area contributed by atoms with Gasteiger partial charge in [0.25, 0.3) is 5.91 Å². The maximum absolute atomic E-state index is 12.4. The van der Waals surface area contributed by atoms with Gasteiger partial charge in [0.2, 0.25) is 0 Å². The van der Waals surface area contributed by atoms with Crippen LogP contribution in [0.4, 0.5) is 5.69 Å². The fourth-order valence-electron chi connectivity index (χ4n) is 2.64. The summed E-state index contributed by atoms with van der Waals surface area (Å²) in [7, 11) is 4.59. The molecule has 1 aliphatic heterocycles. The number of hydrogen-bond donors (Lipinski definition) is 2. The number of fused-ring (bicyclic) bond motifs is 1. The van der Waals surface area contributed by atoms with Gasteiger partial charge < -0.3 is 24.6 Å². The van der Waals surface area contributed by atoms with E-state index < -0.39 is 0 Å². The summed E-state index contributed by atoms with van der Waals surface area (Å²) in [4.78, 5) is 12.4. The average molecular weight is 406 g/mol. The van der Waals surface area contributed by atoms with Crippen molar-refractivity contribution < 1.29 is 24.1 Å². The van der Waals surface area contributed by atoms with E-state index in [1.54, 1.807) is 30.3 Å². The highest BCUT2D eigenvalue weighted by Crippen LogP contribution is 2.42. The molecule has 2 aromatic carbocycles. The minimum atomic E-state index is -0.274. The van der Waals surface area contributed by atoms with E-state index in [4.69, 9.17) is 14.2 Å². The third-order valence-electron chi connectivity index (χ3n) is 3.91. The summed E-state index contributed by atoms with van der Waals surface area (Å²) in [5, 5.41) is 13.1. The van der Waals surface area contributed by atoms with Gasteiger partial charge in [-0.15, -0.1) is 0 Å². The van der Waals surface area contributed by atoms with Crippen LogP contribution >= 0.6 is 15.9 Å². The zero-order valence-corrected chi connectivity index (χ0v) is 15.4. The molecular weight excluding hydrogens is 390 g/mol. The molecule has 0 bridgehead atoms. The maximum Gasteiger partial charge on any atom is 0.256 e. The number of rotatable bonds is 4. The van der Waals surface area contributed by atoms with Crippen molar-refractivity contribution >= 4 is 39.2 Å². The van der Waals surface area contributed by atoms with Gasteiger partial charge in [-0.25, -0.2) is 0 Å². The normalized spacial score (nSPS) is 14.2. The number of halogens is 1. The van der Waals surface area contributed by atoms with Crippen LogP contribution in [0.5, 0.6) is 23.0 Å². The van der Waals surface area contributed by atoms with Gasteiger partial charge in [0.1, 0.15) is 11.5 Å². The molecule has 6 nitrogen and oxygen atoms in total. The second-order valence-corrected chi connectivity index (χ2v) is 6.17. The summed E-state index contributed by atoms with van der Waals surface area (Å²) >= 11 is 3.28. The standard InChI is InChI=1S/C18H16BrNO5/c1-23-10-4-9(17(21)13(19)6-10)5-12-11-7-15(24-2)16(25-3)8-14(11)20-18(12)22/h4-8,21H,1-3H3,(H,20,22). The van der Waals surface area contributed by atoms with Crippen LogP contribution in [0.2, 0.25) is 0 Å².